The smallest absolute Gasteiger partial charge is 0.184 e. The Kier molecular flexibility index (Phi) is 3.41. The van der Waals surface area contributed by atoms with Crippen LogP contribution < -0.4 is 16.8 Å². The first-order valence-electron chi connectivity index (χ1n) is 2.51. The molecule has 0 saturated carbocycles. The first-order chi connectivity index (χ1) is 4.13. The van der Waals surface area contributed by atoms with Crippen LogP contribution in [0.1, 0.15) is 0 Å². The lowest BCUT2D eigenvalue weighted by atomic mass is 10.3. The Balaban J connectivity index is 0.000000810. The second-order valence-corrected chi connectivity index (χ2v) is 3.09. The average molecular weight is 271 g/mol. The molecular formula is C5H9Br2N3. The maximum absolute atomic E-state index is 5.58. The molecule has 0 aromatic heterocycles. The predicted octanol–water partition coefficient (Wildman–Crippen LogP) is 0.531. The topological polar surface area (TPSA) is 64.1 Å². The van der Waals surface area contributed by atoms with E-state index in [9.17, 15) is 0 Å². The van der Waals surface area contributed by atoms with Crippen LogP contribution in [0.3, 0.4) is 0 Å². The van der Waals surface area contributed by atoms with Crippen LogP contribution >= 0.6 is 32.9 Å². The van der Waals surface area contributed by atoms with Crippen LogP contribution in [0.4, 0.5) is 0 Å². The number of nitrogens with two attached hydrogens (primary N) is 2. The van der Waals surface area contributed by atoms with Gasteiger partial charge in [0, 0.05) is 0 Å². The van der Waals surface area contributed by atoms with Crippen LogP contribution in [0.5, 0.6) is 0 Å². The van der Waals surface area contributed by atoms with Gasteiger partial charge in [-0.3, -0.25) is 5.73 Å². The molecular weight excluding hydrogens is 262 g/mol. The van der Waals surface area contributed by atoms with E-state index in [0.29, 0.717) is 5.70 Å². The van der Waals surface area contributed by atoms with Crippen molar-refractivity contribution in [2.45, 2.75) is 4.57 Å². The summed E-state index contributed by atoms with van der Waals surface area (Å²) in [5.74, 6) is 0. The van der Waals surface area contributed by atoms with Crippen LogP contribution in [0.25, 0.3) is 0 Å². The quantitative estimate of drug-likeness (QED) is 0.445. The second kappa shape index (κ2) is 3.41. The van der Waals surface area contributed by atoms with Crippen molar-refractivity contribution >= 4 is 32.9 Å². The van der Waals surface area contributed by atoms with E-state index in [2.05, 4.69) is 21.2 Å². The van der Waals surface area contributed by atoms with E-state index in [1.807, 2.05) is 0 Å². The van der Waals surface area contributed by atoms with Gasteiger partial charge in [0.15, 0.2) is 4.57 Å². The predicted molar refractivity (Wildman–Crippen MR) is 50.7 cm³/mol. The Morgan fingerprint density at radius 1 is 1.60 bits per heavy atom. The number of rotatable bonds is 0. The van der Waals surface area contributed by atoms with Gasteiger partial charge >= 0.3 is 0 Å². The fourth-order valence-electron chi connectivity index (χ4n) is 0.526. The van der Waals surface area contributed by atoms with Crippen LogP contribution in [0.2, 0.25) is 0 Å². The van der Waals surface area contributed by atoms with Crippen molar-refractivity contribution in [1.29, 1.82) is 0 Å². The minimum atomic E-state index is -0.748. The maximum Gasteiger partial charge on any atom is 0.184 e. The lowest BCUT2D eigenvalue weighted by Gasteiger charge is -2.25. The van der Waals surface area contributed by atoms with E-state index < -0.39 is 4.57 Å². The minimum Gasteiger partial charge on any atom is -0.398 e. The molecule has 0 saturated heterocycles. The molecule has 0 aromatic rings. The molecule has 0 aliphatic carbocycles. The summed E-state index contributed by atoms with van der Waals surface area (Å²) in [6.45, 7) is 0. The first-order valence-corrected chi connectivity index (χ1v) is 3.30. The highest BCUT2D eigenvalue weighted by atomic mass is 79.9. The number of hydrogen-bond acceptors (Lipinski definition) is 3. The first kappa shape index (κ1) is 10.0. The normalized spacial score (nSPS) is 30.0. The van der Waals surface area contributed by atoms with Gasteiger partial charge in [0.1, 0.15) is 0 Å². The standard InChI is InChI=1S/C5H8BrN3.BrH/c6-5(8)4(7)2-1-3-9-5;/h1-3,9H,7-8H2;1H. The summed E-state index contributed by atoms with van der Waals surface area (Å²) < 4.78 is -0.748. The molecule has 1 atom stereocenters. The van der Waals surface area contributed by atoms with E-state index in [1.165, 1.54) is 0 Å². The monoisotopic (exact) mass is 269 g/mol. The third kappa shape index (κ3) is 2.00. The number of allylic oxidation sites excluding steroid dienone is 2. The van der Waals surface area contributed by atoms with Gasteiger partial charge in [-0.2, -0.15) is 0 Å². The molecule has 1 unspecified atom stereocenters. The minimum absolute atomic E-state index is 0. The van der Waals surface area contributed by atoms with Crippen molar-refractivity contribution < 1.29 is 0 Å². The van der Waals surface area contributed by atoms with Gasteiger partial charge in [-0.25, -0.2) is 0 Å². The van der Waals surface area contributed by atoms with Crippen LogP contribution in [0, 0.1) is 0 Å². The molecule has 58 valence electrons. The highest BCUT2D eigenvalue weighted by molar-refractivity contribution is 9.10. The van der Waals surface area contributed by atoms with Gasteiger partial charge in [0.25, 0.3) is 0 Å². The summed E-state index contributed by atoms with van der Waals surface area (Å²) >= 11 is 3.18. The molecule has 3 nitrogen and oxygen atoms in total. The fourth-order valence-corrected chi connectivity index (χ4v) is 0.790. The molecule has 0 amide bonds. The molecule has 0 fully saturated rings. The van der Waals surface area contributed by atoms with Crippen molar-refractivity contribution in [2.24, 2.45) is 11.5 Å². The molecule has 0 bridgehead atoms. The number of dihydropyridines is 1. The number of nitrogens with one attached hydrogen (secondary N) is 1. The summed E-state index contributed by atoms with van der Waals surface area (Å²) in [6.07, 6.45) is 5.26. The van der Waals surface area contributed by atoms with Gasteiger partial charge in [-0.15, -0.1) is 17.0 Å². The average Bonchev–Trinajstić information content (AvgIpc) is 1.77. The molecule has 10 heavy (non-hydrogen) atoms. The highest BCUT2D eigenvalue weighted by Gasteiger charge is 2.22. The Morgan fingerprint density at radius 2 is 2.20 bits per heavy atom. The summed E-state index contributed by atoms with van der Waals surface area (Å²) in [7, 11) is 0. The SMILES string of the molecule is Br.NC1=CC=CNC1(N)Br. The van der Waals surface area contributed by atoms with E-state index in [4.69, 9.17) is 11.5 Å². The third-order valence-electron chi connectivity index (χ3n) is 1.09. The van der Waals surface area contributed by atoms with Gasteiger partial charge in [0.05, 0.1) is 5.70 Å². The molecule has 1 aliphatic rings. The van der Waals surface area contributed by atoms with E-state index in [1.54, 1.807) is 18.4 Å². The number of halogens is 2. The maximum atomic E-state index is 5.58. The second-order valence-electron chi connectivity index (χ2n) is 1.84. The van der Waals surface area contributed by atoms with Gasteiger partial charge in [0.2, 0.25) is 0 Å². The molecule has 1 rings (SSSR count). The molecule has 0 aromatic carbocycles. The van der Waals surface area contributed by atoms with Crippen LogP contribution in [-0.2, 0) is 0 Å². The fraction of sp³-hybridized carbons (Fsp3) is 0.200. The van der Waals surface area contributed by atoms with Crippen molar-refractivity contribution in [3.05, 3.63) is 24.0 Å². The van der Waals surface area contributed by atoms with E-state index in [0.717, 1.165) is 0 Å². The van der Waals surface area contributed by atoms with Crippen molar-refractivity contribution in [1.82, 2.24) is 5.32 Å². The summed E-state index contributed by atoms with van der Waals surface area (Å²) in [4.78, 5) is 0. The zero-order valence-corrected chi connectivity index (χ0v) is 8.47. The lowest BCUT2D eigenvalue weighted by Crippen LogP contribution is -2.50. The Bertz CT molecular complexity index is 174. The van der Waals surface area contributed by atoms with Crippen LogP contribution in [0.15, 0.2) is 24.0 Å². The van der Waals surface area contributed by atoms with E-state index >= 15 is 0 Å². The number of alkyl halides is 1. The summed E-state index contributed by atoms with van der Waals surface area (Å²) in [5.41, 5.74) is 11.6. The van der Waals surface area contributed by atoms with Crippen molar-refractivity contribution in [2.75, 3.05) is 0 Å². The largest absolute Gasteiger partial charge is 0.398 e. The molecule has 0 spiro atoms. The molecule has 1 heterocycles. The Labute approximate surface area is 78.4 Å². The summed E-state index contributed by atoms with van der Waals surface area (Å²) in [5, 5.41) is 2.83. The van der Waals surface area contributed by atoms with Gasteiger partial charge in [-0.1, -0.05) is 0 Å². The molecule has 1 aliphatic heterocycles. The Morgan fingerprint density at radius 3 is 2.50 bits per heavy atom. The zero-order chi connectivity index (χ0) is 6.91. The van der Waals surface area contributed by atoms with Crippen LogP contribution in [-0.4, -0.2) is 4.57 Å². The third-order valence-corrected chi connectivity index (χ3v) is 1.77. The molecule has 5 heteroatoms. The zero-order valence-electron chi connectivity index (χ0n) is 5.17. The van der Waals surface area contributed by atoms with Gasteiger partial charge < -0.3 is 11.1 Å². The lowest BCUT2D eigenvalue weighted by molar-refractivity contribution is 0.635. The summed E-state index contributed by atoms with van der Waals surface area (Å²) in [6, 6.07) is 0. The highest BCUT2D eigenvalue weighted by Crippen LogP contribution is 2.15. The van der Waals surface area contributed by atoms with E-state index in [-0.39, 0.29) is 17.0 Å². The van der Waals surface area contributed by atoms with Crippen molar-refractivity contribution in [3.8, 4) is 0 Å². The molecule has 0 radical (unpaired) electrons. The van der Waals surface area contributed by atoms with Gasteiger partial charge in [-0.05, 0) is 34.3 Å². The number of hydrogen-bond donors (Lipinski definition) is 3. The van der Waals surface area contributed by atoms with Crippen molar-refractivity contribution in [3.63, 3.8) is 0 Å². The Hall–Kier alpha value is -0.0000000000000000555. The molecule has 5 N–H and O–H groups in total.